The molecule has 26 heavy (non-hydrogen) atoms. The summed E-state index contributed by atoms with van der Waals surface area (Å²) in [6.45, 7) is -1.68. The number of ether oxygens (including phenoxy) is 1. The first kappa shape index (κ1) is 23.7. The normalized spacial score (nSPS) is 29.9. The summed E-state index contributed by atoms with van der Waals surface area (Å²) < 4.78 is 56.1. The molecule has 4 N–H and O–H groups in total. The number of rotatable bonds is 11. The monoisotopic (exact) mass is 439 g/mol. The molecule has 1 saturated heterocycles. The average Bonchev–Trinajstić information content (AvgIpc) is 2.77. The van der Waals surface area contributed by atoms with Gasteiger partial charge in [0.15, 0.2) is 0 Å². The highest BCUT2D eigenvalue weighted by Crippen LogP contribution is 2.67. The SMILES string of the molecule is BC1CC(O)C(COP(=O)(O)OP(=O)(O)OP(=O)(O)OCCN=[N+]=[N-])O1. The molecule has 150 valence electrons. The van der Waals surface area contributed by atoms with Gasteiger partial charge in [-0.05, 0) is 12.0 Å². The summed E-state index contributed by atoms with van der Waals surface area (Å²) in [6.07, 6.45) is -1.70. The third kappa shape index (κ3) is 9.07. The molecule has 0 spiro atoms. The van der Waals surface area contributed by atoms with E-state index >= 15 is 0 Å². The van der Waals surface area contributed by atoms with Crippen LogP contribution in [-0.4, -0.2) is 65.6 Å². The Morgan fingerprint density at radius 1 is 1.15 bits per heavy atom. The molecule has 6 atom stereocenters. The molecule has 19 heteroatoms. The number of phosphoric ester groups is 2. The van der Waals surface area contributed by atoms with Crippen molar-refractivity contribution in [3.8, 4) is 0 Å². The maximum Gasteiger partial charge on any atom is 0.490 e. The Hall–Kier alpha value is -0.295. The number of hydrogen-bond donors (Lipinski definition) is 4. The molecule has 1 aliphatic heterocycles. The van der Waals surface area contributed by atoms with Crippen LogP contribution in [-0.2, 0) is 36.1 Å². The van der Waals surface area contributed by atoms with Crippen LogP contribution in [0.25, 0.3) is 10.4 Å². The van der Waals surface area contributed by atoms with Crippen LogP contribution in [0.3, 0.4) is 0 Å². The smallest absolute Gasteiger partial charge is 0.390 e. The van der Waals surface area contributed by atoms with E-state index in [2.05, 4.69) is 27.7 Å². The largest absolute Gasteiger partial charge is 0.490 e. The van der Waals surface area contributed by atoms with Crippen molar-refractivity contribution in [3.05, 3.63) is 10.4 Å². The molecule has 0 radical (unpaired) electrons. The number of nitrogens with zero attached hydrogens (tertiary/aromatic N) is 3. The second-order valence-electron chi connectivity index (χ2n) is 4.94. The van der Waals surface area contributed by atoms with Crippen molar-refractivity contribution < 1.29 is 55.9 Å². The number of aliphatic hydroxyl groups is 1. The lowest BCUT2D eigenvalue weighted by Gasteiger charge is -2.20. The van der Waals surface area contributed by atoms with Crippen molar-refractivity contribution in [1.82, 2.24) is 0 Å². The fourth-order valence-electron chi connectivity index (χ4n) is 1.82. The predicted octanol–water partition coefficient (Wildman–Crippen LogP) is -0.227. The zero-order valence-electron chi connectivity index (χ0n) is 13.3. The highest BCUT2D eigenvalue weighted by Gasteiger charge is 2.43. The topological polar surface area (TPSA) is 227 Å². The molecule has 0 aromatic carbocycles. The molecule has 1 rings (SSSR count). The molecule has 0 amide bonds. The zero-order chi connectivity index (χ0) is 20.0. The van der Waals surface area contributed by atoms with Gasteiger partial charge in [0.2, 0.25) is 0 Å². The Labute approximate surface area is 148 Å². The van der Waals surface area contributed by atoms with E-state index in [1.54, 1.807) is 7.85 Å². The van der Waals surface area contributed by atoms with E-state index in [0.29, 0.717) is 0 Å². The summed E-state index contributed by atoms with van der Waals surface area (Å²) in [5, 5.41) is 12.6. The van der Waals surface area contributed by atoms with Gasteiger partial charge >= 0.3 is 23.5 Å². The average molecular weight is 439 g/mol. The van der Waals surface area contributed by atoms with Gasteiger partial charge in [-0.3, -0.25) is 9.05 Å². The minimum Gasteiger partial charge on any atom is -0.390 e. The maximum absolute atomic E-state index is 11.7. The molecule has 0 aromatic heterocycles. The molecule has 15 nitrogen and oxygen atoms in total. The number of phosphoric acid groups is 3. The number of azide groups is 1. The van der Waals surface area contributed by atoms with Gasteiger partial charge < -0.3 is 24.5 Å². The first-order valence-corrected chi connectivity index (χ1v) is 11.4. The molecule has 0 saturated carbocycles. The molecule has 0 aromatic rings. The quantitative estimate of drug-likeness (QED) is 0.0818. The van der Waals surface area contributed by atoms with Crippen molar-refractivity contribution in [1.29, 1.82) is 0 Å². The Morgan fingerprint density at radius 2 is 1.73 bits per heavy atom. The van der Waals surface area contributed by atoms with Gasteiger partial charge in [-0.1, -0.05) is 5.11 Å². The third-order valence-electron chi connectivity index (χ3n) is 2.73. The summed E-state index contributed by atoms with van der Waals surface area (Å²) in [5.41, 5.74) is 8.01. The third-order valence-corrected chi connectivity index (χ3v) is 7.02. The second kappa shape index (κ2) is 9.76. The summed E-state index contributed by atoms with van der Waals surface area (Å²) in [7, 11) is -14.3. The van der Waals surface area contributed by atoms with E-state index in [1.807, 2.05) is 0 Å². The van der Waals surface area contributed by atoms with Crippen LogP contribution in [0.15, 0.2) is 5.11 Å². The van der Waals surface area contributed by atoms with E-state index in [0.717, 1.165) is 0 Å². The van der Waals surface area contributed by atoms with E-state index in [9.17, 15) is 33.5 Å². The molecule has 1 aliphatic rings. The van der Waals surface area contributed by atoms with Crippen LogP contribution in [0, 0.1) is 0 Å². The van der Waals surface area contributed by atoms with Crippen molar-refractivity contribution in [2.75, 3.05) is 19.8 Å². The summed E-state index contributed by atoms with van der Waals surface area (Å²) in [4.78, 5) is 30.2. The lowest BCUT2D eigenvalue weighted by Crippen LogP contribution is -2.26. The lowest BCUT2D eigenvalue weighted by atomic mass is 9.96. The molecule has 0 aliphatic carbocycles. The summed E-state index contributed by atoms with van der Waals surface area (Å²) >= 11 is 0. The van der Waals surface area contributed by atoms with E-state index < -0.39 is 48.9 Å². The van der Waals surface area contributed by atoms with Gasteiger partial charge in [-0.15, -0.1) is 0 Å². The number of aliphatic hydroxyl groups excluding tert-OH is 1. The van der Waals surface area contributed by atoms with E-state index in [1.165, 1.54) is 0 Å². The Kier molecular flexibility index (Phi) is 8.92. The Bertz CT molecular complexity index is 672. The Balaban J connectivity index is 2.54. The fraction of sp³-hybridized carbons (Fsp3) is 1.00. The van der Waals surface area contributed by atoms with Crippen LogP contribution in [0.2, 0.25) is 0 Å². The van der Waals surface area contributed by atoms with E-state index in [4.69, 9.17) is 10.3 Å². The molecule has 1 fully saturated rings. The van der Waals surface area contributed by atoms with Crippen LogP contribution in [0.1, 0.15) is 6.42 Å². The summed E-state index contributed by atoms with van der Waals surface area (Å²) in [6, 6.07) is -0.326. The van der Waals surface area contributed by atoms with Crippen molar-refractivity contribution >= 4 is 31.3 Å². The molecule has 0 bridgehead atoms. The standard InChI is InChI=1S/C7H17BN3O12P3/c8-7-3-5(12)6(21-7)4-20-25(15,16)23-26(17,18)22-24(13,14)19-2-1-10-11-9/h5-7,12H,1-4,8H2,(H,13,14)(H,15,16)(H,17,18). The van der Waals surface area contributed by atoms with E-state index in [-0.39, 0.29) is 19.0 Å². The second-order valence-corrected chi connectivity index (χ2v) is 9.57. The minimum absolute atomic E-state index is 0.257. The summed E-state index contributed by atoms with van der Waals surface area (Å²) in [5.74, 6) is 0. The van der Waals surface area contributed by atoms with Gasteiger partial charge in [-0.25, -0.2) is 13.7 Å². The van der Waals surface area contributed by atoms with Crippen molar-refractivity contribution in [2.24, 2.45) is 5.11 Å². The highest BCUT2D eigenvalue weighted by molar-refractivity contribution is 7.66. The fourth-order valence-corrected chi connectivity index (χ4v) is 5.32. The lowest BCUT2D eigenvalue weighted by molar-refractivity contribution is -0.00421. The Morgan fingerprint density at radius 3 is 2.23 bits per heavy atom. The first-order chi connectivity index (χ1) is 11.9. The van der Waals surface area contributed by atoms with Gasteiger partial charge in [0.25, 0.3) is 0 Å². The molecular weight excluding hydrogens is 422 g/mol. The van der Waals surface area contributed by atoms with Crippen LogP contribution in [0.5, 0.6) is 0 Å². The van der Waals surface area contributed by atoms with Crippen LogP contribution >= 0.6 is 23.5 Å². The van der Waals surface area contributed by atoms with Gasteiger partial charge in [0.05, 0.1) is 19.3 Å². The van der Waals surface area contributed by atoms with Gasteiger partial charge in [0.1, 0.15) is 14.0 Å². The highest BCUT2D eigenvalue weighted by atomic mass is 31.3. The molecule has 6 unspecified atom stereocenters. The predicted molar refractivity (Wildman–Crippen MR) is 85.4 cm³/mol. The first-order valence-electron chi connectivity index (χ1n) is 6.90. The molecule has 1 heterocycles. The molecular formula is C7H17BN3O12P3. The van der Waals surface area contributed by atoms with Crippen LogP contribution < -0.4 is 0 Å². The zero-order valence-corrected chi connectivity index (χ0v) is 16.0. The number of hydrogen-bond acceptors (Lipinski definition) is 10. The van der Waals surface area contributed by atoms with Gasteiger partial charge in [0, 0.05) is 17.5 Å². The maximum atomic E-state index is 11.7. The van der Waals surface area contributed by atoms with Crippen molar-refractivity contribution in [2.45, 2.75) is 24.6 Å². The van der Waals surface area contributed by atoms with Gasteiger partial charge in [-0.2, -0.15) is 8.62 Å². The minimum atomic E-state index is -5.56. The van der Waals surface area contributed by atoms with Crippen LogP contribution in [0.4, 0.5) is 0 Å². The van der Waals surface area contributed by atoms with Crippen molar-refractivity contribution in [3.63, 3.8) is 0 Å².